The quantitative estimate of drug-likeness (QED) is 0.370. The second-order valence-electron chi connectivity index (χ2n) is 6.87. The van der Waals surface area contributed by atoms with E-state index in [4.69, 9.17) is 0 Å². The molecule has 0 aliphatic heterocycles. The van der Waals surface area contributed by atoms with Crippen molar-refractivity contribution in [1.82, 2.24) is 0 Å². The normalized spacial score (nSPS) is 10.6. The Morgan fingerprint density at radius 2 is 1.07 bits per heavy atom. The van der Waals surface area contributed by atoms with Crippen LogP contribution in [0.25, 0.3) is 11.1 Å². The van der Waals surface area contributed by atoms with Crippen molar-refractivity contribution in [3.8, 4) is 11.1 Å². The van der Waals surface area contributed by atoms with E-state index in [0.717, 1.165) is 17.1 Å². The van der Waals surface area contributed by atoms with Gasteiger partial charge in [-0.1, -0.05) is 72.3 Å². The van der Waals surface area contributed by atoms with Crippen LogP contribution in [0.4, 0.5) is 17.1 Å². The van der Waals surface area contributed by atoms with E-state index in [1.54, 1.807) is 0 Å². The van der Waals surface area contributed by atoms with Gasteiger partial charge >= 0.3 is 0 Å². The summed E-state index contributed by atoms with van der Waals surface area (Å²) in [5.74, 6) is 0. The topological polar surface area (TPSA) is 3.24 Å². The monoisotopic (exact) mass is 349 g/mol. The number of hydrogen-bond acceptors (Lipinski definition) is 1. The van der Waals surface area contributed by atoms with Crippen LogP contribution >= 0.6 is 0 Å². The molecule has 0 N–H and O–H groups in total. The molecule has 0 bridgehead atoms. The molecule has 0 saturated heterocycles. The van der Waals surface area contributed by atoms with Crippen molar-refractivity contribution in [3.05, 3.63) is 114 Å². The summed E-state index contributed by atoms with van der Waals surface area (Å²) in [4.78, 5) is 2.30. The first-order valence-electron chi connectivity index (χ1n) is 9.30. The molecule has 0 unspecified atom stereocenters. The summed E-state index contributed by atoms with van der Waals surface area (Å²) in [6.45, 7) is 4.30. The predicted molar refractivity (Wildman–Crippen MR) is 116 cm³/mol. The lowest BCUT2D eigenvalue weighted by Gasteiger charge is -2.26. The summed E-state index contributed by atoms with van der Waals surface area (Å²) in [6.07, 6.45) is 0. The van der Waals surface area contributed by atoms with Gasteiger partial charge in [0.15, 0.2) is 0 Å². The average Bonchev–Trinajstić information content (AvgIpc) is 2.72. The van der Waals surface area contributed by atoms with Crippen molar-refractivity contribution in [3.63, 3.8) is 0 Å². The SMILES string of the molecule is Cc1ccc(-c2cc(N(c3ccccc3)c3ccccc3)ccc2C)cc1. The van der Waals surface area contributed by atoms with Crippen LogP contribution in [-0.4, -0.2) is 0 Å². The van der Waals surface area contributed by atoms with E-state index in [9.17, 15) is 0 Å². The second-order valence-corrected chi connectivity index (χ2v) is 6.87. The highest BCUT2D eigenvalue weighted by Crippen LogP contribution is 2.37. The van der Waals surface area contributed by atoms with Crippen LogP contribution in [0.3, 0.4) is 0 Å². The molecule has 132 valence electrons. The Hall–Kier alpha value is -3.32. The van der Waals surface area contributed by atoms with Gasteiger partial charge in [0.05, 0.1) is 0 Å². The van der Waals surface area contributed by atoms with Crippen LogP contribution < -0.4 is 4.90 Å². The molecule has 0 radical (unpaired) electrons. The van der Waals surface area contributed by atoms with Crippen molar-refractivity contribution in [2.45, 2.75) is 13.8 Å². The van der Waals surface area contributed by atoms with Crippen LogP contribution in [0.15, 0.2) is 103 Å². The Labute approximate surface area is 161 Å². The average molecular weight is 349 g/mol. The fourth-order valence-electron chi connectivity index (χ4n) is 3.39. The molecule has 4 aromatic rings. The van der Waals surface area contributed by atoms with Gasteiger partial charge in [-0.05, 0) is 66.9 Å². The summed E-state index contributed by atoms with van der Waals surface area (Å²) < 4.78 is 0. The molecule has 1 heteroatoms. The third-order valence-electron chi connectivity index (χ3n) is 4.87. The molecule has 4 aromatic carbocycles. The third kappa shape index (κ3) is 3.63. The van der Waals surface area contributed by atoms with Crippen LogP contribution in [0.2, 0.25) is 0 Å². The third-order valence-corrected chi connectivity index (χ3v) is 4.87. The molecule has 0 fully saturated rings. The first kappa shape index (κ1) is 17.1. The largest absolute Gasteiger partial charge is 0.310 e. The minimum Gasteiger partial charge on any atom is -0.310 e. The molecule has 0 aliphatic carbocycles. The zero-order chi connectivity index (χ0) is 18.6. The van der Waals surface area contributed by atoms with Gasteiger partial charge in [-0.25, -0.2) is 0 Å². The predicted octanol–water partition coefficient (Wildman–Crippen LogP) is 7.44. The van der Waals surface area contributed by atoms with Gasteiger partial charge in [0.2, 0.25) is 0 Å². The lowest BCUT2D eigenvalue weighted by molar-refractivity contribution is 1.27. The van der Waals surface area contributed by atoms with E-state index in [1.807, 2.05) is 0 Å². The van der Waals surface area contributed by atoms with Crippen molar-refractivity contribution in [2.75, 3.05) is 4.90 Å². The Kier molecular flexibility index (Phi) is 4.76. The van der Waals surface area contributed by atoms with E-state index >= 15 is 0 Å². The van der Waals surface area contributed by atoms with Crippen LogP contribution in [0.1, 0.15) is 11.1 Å². The zero-order valence-corrected chi connectivity index (χ0v) is 15.8. The van der Waals surface area contributed by atoms with E-state index in [1.165, 1.54) is 22.3 Å². The summed E-state index contributed by atoms with van der Waals surface area (Å²) >= 11 is 0. The molecule has 0 aliphatic rings. The standard InChI is InChI=1S/C26H23N/c1-20-13-16-22(17-14-20)26-19-25(18-15-21(26)2)27(23-9-5-3-6-10-23)24-11-7-4-8-12-24/h3-19H,1-2H3. The first-order chi connectivity index (χ1) is 13.2. The number of benzene rings is 4. The molecule has 0 saturated carbocycles. The summed E-state index contributed by atoms with van der Waals surface area (Å²) in [7, 11) is 0. The Balaban J connectivity index is 1.86. The van der Waals surface area contributed by atoms with Crippen LogP contribution in [0.5, 0.6) is 0 Å². The highest BCUT2D eigenvalue weighted by Gasteiger charge is 2.13. The minimum atomic E-state index is 1.16. The maximum Gasteiger partial charge on any atom is 0.0467 e. The number of anilines is 3. The Morgan fingerprint density at radius 3 is 1.63 bits per heavy atom. The van der Waals surface area contributed by atoms with Gasteiger partial charge in [0.1, 0.15) is 0 Å². The van der Waals surface area contributed by atoms with Gasteiger partial charge < -0.3 is 4.90 Å². The van der Waals surface area contributed by atoms with Crippen molar-refractivity contribution >= 4 is 17.1 Å². The maximum atomic E-state index is 2.30. The number of aryl methyl sites for hydroxylation is 2. The fraction of sp³-hybridized carbons (Fsp3) is 0.0769. The molecule has 4 rings (SSSR count). The Morgan fingerprint density at radius 1 is 0.519 bits per heavy atom. The van der Waals surface area contributed by atoms with E-state index in [2.05, 4.69) is 122 Å². The highest BCUT2D eigenvalue weighted by atomic mass is 15.1. The smallest absolute Gasteiger partial charge is 0.0467 e. The summed E-state index contributed by atoms with van der Waals surface area (Å²) in [5.41, 5.74) is 8.55. The highest BCUT2D eigenvalue weighted by molar-refractivity contribution is 5.81. The maximum absolute atomic E-state index is 2.30. The van der Waals surface area contributed by atoms with Crippen molar-refractivity contribution < 1.29 is 0 Å². The molecule has 1 nitrogen and oxygen atoms in total. The van der Waals surface area contributed by atoms with Gasteiger partial charge in [-0.3, -0.25) is 0 Å². The van der Waals surface area contributed by atoms with Crippen molar-refractivity contribution in [1.29, 1.82) is 0 Å². The number of rotatable bonds is 4. The molecule has 0 amide bonds. The minimum absolute atomic E-state index is 1.16. The summed E-state index contributed by atoms with van der Waals surface area (Å²) in [6, 6.07) is 36.5. The van der Waals surface area contributed by atoms with E-state index in [-0.39, 0.29) is 0 Å². The molecule has 0 atom stereocenters. The molecular formula is C26H23N. The van der Waals surface area contributed by atoms with Crippen molar-refractivity contribution in [2.24, 2.45) is 0 Å². The molecular weight excluding hydrogens is 326 g/mol. The van der Waals surface area contributed by atoms with Crippen LogP contribution in [0, 0.1) is 13.8 Å². The van der Waals surface area contributed by atoms with Gasteiger partial charge in [0.25, 0.3) is 0 Å². The molecule has 0 aromatic heterocycles. The van der Waals surface area contributed by atoms with E-state index < -0.39 is 0 Å². The lowest BCUT2D eigenvalue weighted by Crippen LogP contribution is -2.09. The summed E-state index contributed by atoms with van der Waals surface area (Å²) in [5, 5.41) is 0. The van der Waals surface area contributed by atoms with E-state index in [0.29, 0.717) is 0 Å². The number of para-hydroxylation sites is 2. The molecule has 0 heterocycles. The van der Waals surface area contributed by atoms with Gasteiger partial charge in [-0.2, -0.15) is 0 Å². The molecule has 0 spiro atoms. The lowest BCUT2D eigenvalue weighted by atomic mass is 9.98. The fourth-order valence-corrected chi connectivity index (χ4v) is 3.39. The molecule has 27 heavy (non-hydrogen) atoms. The Bertz CT molecular complexity index is 979. The second kappa shape index (κ2) is 7.51. The zero-order valence-electron chi connectivity index (χ0n) is 15.8. The first-order valence-corrected chi connectivity index (χ1v) is 9.30. The number of hydrogen-bond donors (Lipinski definition) is 0. The van der Waals surface area contributed by atoms with Crippen LogP contribution in [-0.2, 0) is 0 Å². The number of nitrogens with zero attached hydrogens (tertiary/aromatic N) is 1. The van der Waals surface area contributed by atoms with Gasteiger partial charge in [0, 0.05) is 17.1 Å². The van der Waals surface area contributed by atoms with Gasteiger partial charge in [-0.15, -0.1) is 0 Å².